The van der Waals surface area contributed by atoms with Crippen LogP contribution in [-0.2, 0) is 19.1 Å². The minimum Gasteiger partial charge on any atom is -0.484 e. The Bertz CT molecular complexity index is 476. The van der Waals surface area contributed by atoms with Crippen molar-refractivity contribution in [1.82, 2.24) is 10.9 Å². The third-order valence-corrected chi connectivity index (χ3v) is 2.32. The molecule has 1 rings (SSSR count). The number of carbonyl (C=O) groups excluding carboxylic acids is 3. The lowest BCUT2D eigenvalue weighted by molar-refractivity contribution is -0.144. The highest BCUT2D eigenvalue weighted by molar-refractivity contribution is 5.84. The number of nitrogens with one attached hydrogen (secondary N) is 2. The molecule has 0 aliphatic carbocycles. The van der Waals surface area contributed by atoms with E-state index in [0.29, 0.717) is 5.75 Å². The predicted octanol–water partition coefficient (Wildman–Crippen LogP) is 0.556. The first-order valence-electron chi connectivity index (χ1n) is 6.53. The van der Waals surface area contributed by atoms with E-state index in [0.717, 1.165) is 0 Å². The Balaban J connectivity index is 2.15. The molecule has 0 heterocycles. The Labute approximate surface area is 122 Å². The van der Waals surface area contributed by atoms with Crippen molar-refractivity contribution in [3.63, 3.8) is 0 Å². The summed E-state index contributed by atoms with van der Waals surface area (Å²) in [6, 6.07) is 8.82. The number of hydrogen-bond acceptors (Lipinski definition) is 5. The van der Waals surface area contributed by atoms with Crippen molar-refractivity contribution < 1.29 is 23.9 Å². The van der Waals surface area contributed by atoms with Crippen LogP contribution in [0.1, 0.15) is 19.8 Å². The van der Waals surface area contributed by atoms with Gasteiger partial charge in [-0.15, -0.1) is 0 Å². The molecule has 0 atom stereocenters. The number of para-hydroxylation sites is 1. The van der Waals surface area contributed by atoms with Crippen molar-refractivity contribution in [2.45, 2.75) is 19.8 Å². The summed E-state index contributed by atoms with van der Waals surface area (Å²) in [5.74, 6) is -0.868. The summed E-state index contributed by atoms with van der Waals surface area (Å²) in [7, 11) is 0. The van der Waals surface area contributed by atoms with Crippen LogP contribution in [0.5, 0.6) is 5.75 Å². The van der Waals surface area contributed by atoms with Crippen molar-refractivity contribution in [1.29, 1.82) is 0 Å². The molecule has 0 fully saturated rings. The highest BCUT2D eigenvalue weighted by atomic mass is 16.5. The standard InChI is InChI=1S/C14H18N2O5/c1-2-20-14(19)9-8-12(17)15-16-13(18)10-21-11-6-4-3-5-7-11/h3-7H,2,8-10H2,1H3,(H,15,17)(H,16,18). The van der Waals surface area contributed by atoms with Gasteiger partial charge in [-0.05, 0) is 19.1 Å². The van der Waals surface area contributed by atoms with Crippen molar-refractivity contribution in [2.75, 3.05) is 13.2 Å². The minimum atomic E-state index is -0.497. The van der Waals surface area contributed by atoms with Gasteiger partial charge in [0.1, 0.15) is 5.75 Å². The van der Waals surface area contributed by atoms with Gasteiger partial charge in [-0.3, -0.25) is 25.2 Å². The van der Waals surface area contributed by atoms with Crippen LogP contribution < -0.4 is 15.6 Å². The van der Waals surface area contributed by atoms with E-state index in [1.165, 1.54) is 0 Å². The first-order chi connectivity index (χ1) is 10.1. The molecule has 0 saturated heterocycles. The van der Waals surface area contributed by atoms with Gasteiger partial charge in [0.25, 0.3) is 5.91 Å². The highest BCUT2D eigenvalue weighted by Gasteiger charge is 2.08. The summed E-state index contributed by atoms with van der Waals surface area (Å²) in [6.45, 7) is 1.74. The number of hydrazine groups is 1. The lowest BCUT2D eigenvalue weighted by Crippen LogP contribution is -2.43. The second-order valence-electron chi connectivity index (χ2n) is 4.00. The van der Waals surface area contributed by atoms with Crippen LogP contribution in [0.3, 0.4) is 0 Å². The van der Waals surface area contributed by atoms with E-state index in [1.807, 2.05) is 6.07 Å². The summed E-state index contributed by atoms with van der Waals surface area (Å²) in [4.78, 5) is 33.8. The molecule has 0 aliphatic rings. The van der Waals surface area contributed by atoms with Crippen LogP contribution in [0.2, 0.25) is 0 Å². The van der Waals surface area contributed by atoms with E-state index in [2.05, 4.69) is 15.6 Å². The molecule has 7 nitrogen and oxygen atoms in total. The zero-order chi connectivity index (χ0) is 15.5. The van der Waals surface area contributed by atoms with E-state index in [-0.39, 0.29) is 26.1 Å². The molecule has 114 valence electrons. The second-order valence-corrected chi connectivity index (χ2v) is 4.00. The van der Waals surface area contributed by atoms with Crippen LogP contribution >= 0.6 is 0 Å². The van der Waals surface area contributed by atoms with Gasteiger partial charge in [-0.2, -0.15) is 0 Å². The second kappa shape index (κ2) is 9.35. The monoisotopic (exact) mass is 294 g/mol. The molecule has 1 aromatic carbocycles. The lowest BCUT2D eigenvalue weighted by Gasteiger charge is -2.08. The summed E-state index contributed by atoms with van der Waals surface area (Å²) in [5, 5.41) is 0. The third kappa shape index (κ3) is 7.56. The quantitative estimate of drug-likeness (QED) is 0.566. The van der Waals surface area contributed by atoms with Crippen LogP contribution in [0, 0.1) is 0 Å². The molecular weight excluding hydrogens is 276 g/mol. The first-order valence-corrected chi connectivity index (χ1v) is 6.53. The number of carbonyl (C=O) groups is 3. The number of hydrogen-bond donors (Lipinski definition) is 2. The zero-order valence-corrected chi connectivity index (χ0v) is 11.8. The van der Waals surface area contributed by atoms with E-state index in [9.17, 15) is 14.4 Å². The molecule has 0 aliphatic heterocycles. The lowest BCUT2D eigenvalue weighted by atomic mass is 10.3. The third-order valence-electron chi connectivity index (χ3n) is 2.32. The fourth-order valence-corrected chi connectivity index (χ4v) is 1.35. The summed E-state index contributed by atoms with van der Waals surface area (Å²) >= 11 is 0. The Morgan fingerprint density at radius 3 is 2.33 bits per heavy atom. The van der Waals surface area contributed by atoms with E-state index in [1.54, 1.807) is 31.2 Å². The molecule has 0 saturated carbocycles. The molecule has 1 aromatic rings. The Kier molecular flexibility index (Phi) is 7.34. The van der Waals surface area contributed by atoms with E-state index < -0.39 is 17.8 Å². The average molecular weight is 294 g/mol. The van der Waals surface area contributed by atoms with Gasteiger partial charge in [0.05, 0.1) is 13.0 Å². The van der Waals surface area contributed by atoms with Gasteiger partial charge in [0.15, 0.2) is 6.61 Å². The van der Waals surface area contributed by atoms with Crippen molar-refractivity contribution in [2.24, 2.45) is 0 Å². The first kappa shape index (κ1) is 16.5. The minimum absolute atomic E-state index is 0.0317. The molecule has 0 bridgehead atoms. The normalized spacial score (nSPS) is 9.57. The maximum absolute atomic E-state index is 11.4. The van der Waals surface area contributed by atoms with Crippen LogP contribution in [0.15, 0.2) is 30.3 Å². The molecule has 2 N–H and O–H groups in total. The molecular formula is C14H18N2O5. The van der Waals surface area contributed by atoms with Gasteiger partial charge in [-0.1, -0.05) is 18.2 Å². The highest BCUT2D eigenvalue weighted by Crippen LogP contribution is 2.07. The summed E-state index contributed by atoms with van der Waals surface area (Å²) in [6.07, 6.45) is -0.0886. The maximum atomic E-state index is 11.4. The number of benzene rings is 1. The smallest absolute Gasteiger partial charge is 0.306 e. The zero-order valence-electron chi connectivity index (χ0n) is 11.8. The van der Waals surface area contributed by atoms with E-state index in [4.69, 9.17) is 4.74 Å². The Morgan fingerprint density at radius 1 is 1.00 bits per heavy atom. The van der Waals surface area contributed by atoms with Gasteiger partial charge in [0, 0.05) is 6.42 Å². The molecule has 7 heteroatoms. The van der Waals surface area contributed by atoms with Gasteiger partial charge < -0.3 is 9.47 Å². The van der Waals surface area contributed by atoms with Crippen molar-refractivity contribution in [3.05, 3.63) is 30.3 Å². The predicted molar refractivity (Wildman–Crippen MR) is 74.1 cm³/mol. The average Bonchev–Trinajstić information content (AvgIpc) is 2.50. The number of amides is 2. The number of esters is 1. The van der Waals surface area contributed by atoms with Crippen LogP contribution in [0.4, 0.5) is 0 Å². The summed E-state index contributed by atoms with van der Waals surface area (Å²) in [5.41, 5.74) is 4.38. The Hall–Kier alpha value is -2.57. The van der Waals surface area contributed by atoms with E-state index >= 15 is 0 Å². The molecule has 2 amide bonds. The Morgan fingerprint density at radius 2 is 1.67 bits per heavy atom. The number of ether oxygens (including phenoxy) is 2. The topological polar surface area (TPSA) is 93.7 Å². The molecule has 0 radical (unpaired) electrons. The number of rotatable bonds is 7. The largest absolute Gasteiger partial charge is 0.484 e. The van der Waals surface area contributed by atoms with Crippen molar-refractivity contribution >= 4 is 17.8 Å². The van der Waals surface area contributed by atoms with Gasteiger partial charge in [-0.25, -0.2) is 0 Å². The van der Waals surface area contributed by atoms with Crippen molar-refractivity contribution in [3.8, 4) is 5.75 Å². The molecule has 0 spiro atoms. The summed E-state index contributed by atoms with van der Waals surface area (Å²) < 4.78 is 9.87. The fourth-order valence-electron chi connectivity index (χ4n) is 1.35. The SMILES string of the molecule is CCOC(=O)CCC(=O)NNC(=O)COc1ccccc1. The molecule has 0 aromatic heterocycles. The van der Waals surface area contributed by atoms with Crippen LogP contribution in [-0.4, -0.2) is 31.0 Å². The maximum Gasteiger partial charge on any atom is 0.306 e. The van der Waals surface area contributed by atoms with Gasteiger partial charge >= 0.3 is 5.97 Å². The molecule has 0 unspecified atom stereocenters. The van der Waals surface area contributed by atoms with Crippen LogP contribution in [0.25, 0.3) is 0 Å². The molecule has 21 heavy (non-hydrogen) atoms. The van der Waals surface area contributed by atoms with Gasteiger partial charge in [0.2, 0.25) is 5.91 Å². The fraction of sp³-hybridized carbons (Fsp3) is 0.357.